The van der Waals surface area contributed by atoms with E-state index in [1.807, 2.05) is 0 Å². The maximum atomic E-state index is 13.3. The molecule has 3 saturated carbocycles. The number of nitrogens with zero attached hydrogens (tertiary/aromatic N) is 1. The molecule has 0 radical (unpaired) electrons. The molecule has 0 spiro atoms. The van der Waals surface area contributed by atoms with Crippen molar-refractivity contribution in [2.24, 2.45) is 17.8 Å². The second-order valence-corrected chi connectivity index (χ2v) is 11.8. The average molecular weight is 491 g/mol. The molecule has 1 aromatic rings. The molecule has 2 atom stereocenters. The van der Waals surface area contributed by atoms with E-state index in [0.29, 0.717) is 12.8 Å². The summed E-state index contributed by atoms with van der Waals surface area (Å²) < 4.78 is 33.3. The number of amides is 1. The van der Waals surface area contributed by atoms with Crippen LogP contribution >= 0.6 is 0 Å². The Bertz CT molecular complexity index is 1020. The van der Waals surface area contributed by atoms with E-state index in [1.165, 1.54) is 16.4 Å². The Balaban J connectivity index is 1.36. The van der Waals surface area contributed by atoms with Gasteiger partial charge < -0.3 is 10.1 Å². The summed E-state index contributed by atoms with van der Waals surface area (Å²) in [6.45, 7) is -0.495. The molecule has 0 saturated heterocycles. The van der Waals surface area contributed by atoms with Crippen LogP contribution in [0.5, 0.6) is 0 Å². The molecule has 2 unspecified atom stereocenters. The van der Waals surface area contributed by atoms with Gasteiger partial charge in [-0.25, -0.2) is 8.42 Å². The van der Waals surface area contributed by atoms with E-state index in [2.05, 4.69) is 5.32 Å². The SMILES string of the molecule is CN(C1CCCCC1)S(=O)(=O)c1ccccc1NC(=O)COC(=O)C1CC2CCCC(C1)C2=O. The summed E-state index contributed by atoms with van der Waals surface area (Å²) in [6, 6.07) is 6.24. The summed E-state index contributed by atoms with van der Waals surface area (Å²) in [4.78, 5) is 37.4. The fourth-order valence-electron chi connectivity index (χ4n) is 5.70. The molecule has 8 nitrogen and oxygen atoms in total. The number of hydrogen-bond donors (Lipinski definition) is 1. The number of carbonyl (C=O) groups excluding carboxylic acids is 3. The number of sulfonamides is 1. The largest absolute Gasteiger partial charge is 0.455 e. The van der Waals surface area contributed by atoms with Crippen LogP contribution in [0, 0.1) is 17.8 Å². The molecular formula is C25H34N2O6S. The molecule has 3 aliphatic carbocycles. The molecular weight excluding hydrogens is 456 g/mol. The van der Waals surface area contributed by atoms with Crippen LogP contribution in [0.4, 0.5) is 5.69 Å². The van der Waals surface area contributed by atoms with Crippen molar-refractivity contribution in [1.82, 2.24) is 4.31 Å². The molecule has 0 aromatic heterocycles. The van der Waals surface area contributed by atoms with Gasteiger partial charge in [0, 0.05) is 24.9 Å². The Hall–Kier alpha value is -2.26. The molecule has 3 fully saturated rings. The van der Waals surface area contributed by atoms with Gasteiger partial charge in [0.05, 0.1) is 11.6 Å². The van der Waals surface area contributed by atoms with Crippen LogP contribution in [0.1, 0.15) is 64.2 Å². The van der Waals surface area contributed by atoms with Crippen molar-refractivity contribution in [3.05, 3.63) is 24.3 Å². The highest BCUT2D eigenvalue weighted by Gasteiger charge is 2.42. The number of fused-ring (bicyclic) bond motifs is 2. The zero-order valence-electron chi connectivity index (χ0n) is 19.7. The highest BCUT2D eigenvalue weighted by atomic mass is 32.2. The van der Waals surface area contributed by atoms with Gasteiger partial charge >= 0.3 is 5.97 Å². The summed E-state index contributed by atoms with van der Waals surface area (Å²) >= 11 is 0. The number of nitrogens with one attached hydrogen (secondary N) is 1. The zero-order chi connectivity index (χ0) is 24.3. The minimum atomic E-state index is -3.80. The van der Waals surface area contributed by atoms with Crippen LogP contribution < -0.4 is 5.32 Å². The Morgan fingerprint density at radius 3 is 2.32 bits per heavy atom. The number of ether oxygens (including phenoxy) is 1. The maximum absolute atomic E-state index is 13.3. The fourth-order valence-corrected chi connectivity index (χ4v) is 7.26. The average Bonchev–Trinajstić information content (AvgIpc) is 2.82. The first kappa shape index (κ1) is 24.9. The first-order valence-corrected chi connectivity index (χ1v) is 13.8. The molecule has 1 aromatic carbocycles. The normalized spacial score (nSPS) is 25.7. The van der Waals surface area contributed by atoms with E-state index in [-0.39, 0.29) is 40.2 Å². The third kappa shape index (κ3) is 5.35. The Morgan fingerprint density at radius 1 is 1.00 bits per heavy atom. The standard InChI is InChI=1S/C25H34N2O6S/c1-27(20-10-3-2-4-11-20)34(31,32)22-13-6-5-12-21(22)26-23(28)16-33-25(30)19-14-17-8-7-9-18(15-19)24(17)29/h5-6,12-13,17-20H,2-4,7-11,14-16H2,1H3,(H,26,28). The first-order chi connectivity index (χ1) is 16.3. The monoisotopic (exact) mass is 490 g/mol. The van der Waals surface area contributed by atoms with Crippen molar-refractivity contribution in [2.45, 2.75) is 75.1 Å². The number of rotatable bonds is 7. The van der Waals surface area contributed by atoms with E-state index in [0.717, 1.165) is 51.4 Å². The van der Waals surface area contributed by atoms with Crippen molar-refractivity contribution >= 4 is 33.4 Å². The van der Waals surface area contributed by atoms with E-state index < -0.39 is 28.5 Å². The maximum Gasteiger partial charge on any atom is 0.309 e. The lowest BCUT2D eigenvalue weighted by Gasteiger charge is -2.36. The molecule has 2 bridgehead atoms. The van der Waals surface area contributed by atoms with E-state index >= 15 is 0 Å². The van der Waals surface area contributed by atoms with E-state index in [4.69, 9.17) is 4.74 Å². The van der Waals surface area contributed by atoms with Crippen LogP contribution in [-0.2, 0) is 29.1 Å². The van der Waals surface area contributed by atoms with Crippen molar-refractivity contribution in [1.29, 1.82) is 0 Å². The van der Waals surface area contributed by atoms with Crippen molar-refractivity contribution < 1.29 is 27.5 Å². The van der Waals surface area contributed by atoms with Crippen LogP contribution in [-0.4, -0.2) is 50.1 Å². The molecule has 1 N–H and O–H groups in total. The number of esters is 1. The molecule has 0 aliphatic heterocycles. The quantitative estimate of drug-likeness (QED) is 0.586. The van der Waals surface area contributed by atoms with Gasteiger partial charge in [0.25, 0.3) is 5.91 Å². The van der Waals surface area contributed by atoms with Gasteiger partial charge in [-0.1, -0.05) is 37.8 Å². The van der Waals surface area contributed by atoms with E-state index in [9.17, 15) is 22.8 Å². The third-order valence-electron chi connectivity index (χ3n) is 7.63. The molecule has 1 amide bonds. The van der Waals surface area contributed by atoms with Crippen LogP contribution in [0.2, 0.25) is 0 Å². The summed E-state index contributed by atoms with van der Waals surface area (Å²) in [5.74, 6) is -1.29. The molecule has 4 rings (SSSR count). The second kappa shape index (κ2) is 10.6. The third-order valence-corrected chi connectivity index (χ3v) is 9.60. The molecule has 3 aliphatic rings. The van der Waals surface area contributed by atoms with Crippen molar-refractivity contribution in [2.75, 3.05) is 19.0 Å². The Labute approximate surface area is 201 Å². The number of para-hydroxylation sites is 1. The number of anilines is 1. The lowest BCUT2D eigenvalue weighted by atomic mass is 9.67. The highest BCUT2D eigenvalue weighted by Crippen LogP contribution is 2.40. The zero-order valence-corrected chi connectivity index (χ0v) is 20.5. The predicted molar refractivity (Wildman–Crippen MR) is 126 cm³/mol. The number of ketones is 1. The minimum Gasteiger partial charge on any atom is -0.455 e. The van der Waals surface area contributed by atoms with Crippen LogP contribution in [0.15, 0.2) is 29.2 Å². The molecule has 0 heterocycles. The fraction of sp³-hybridized carbons (Fsp3) is 0.640. The van der Waals surface area contributed by atoms with Crippen LogP contribution in [0.25, 0.3) is 0 Å². The van der Waals surface area contributed by atoms with Crippen molar-refractivity contribution in [3.63, 3.8) is 0 Å². The number of carbonyl (C=O) groups is 3. The van der Waals surface area contributed by atoms with Gasteiger partial charge in [0.15, 0.2) is 6.61 Å². The first-order valence-electron chi connectivity index (χ1n) is 12.3. The van der Waals surface area contributed by atoms with Crippen molar-refractivity contribution in [3.8, 4) is 0 Å². The Morgan fingerprint density at radius 2 is 1.65 bits per heavy atom. The van der Waals surface area contributed by atoms with Gasteiger partial charge in [0.2, 0.25) is 10.0 Å². The number of hydrogen-bond acceptors (Lipinski definition) is 6. The summed E-state index contributed by atoms with van der Waals surface area (Å²) in [7, 11) is -2.21. The van der Waals surface area contributed by atoms with Gasteiger partial charge in [0.1, 0.15) is 10.7 Å². The van der Waals surface area contributed by atoms with Crippen LogP contribution in [0.3, 0.4) is 0 Å². The summed E-state index contributed by atoms with van der Waals surface area (Å²) in [6.07, 6.45) is 8.42. The summed E-state index contributed by atoms with van der Waals surface area (Å²) in [5, 5.41) is 2.60. The molecule has 34 heavy (non-hydrogen) atoms. The lowest BCUT2D eigenvalue weighted by Crippen LogP contribution is -2.40. The van der Waals surface area contributed by atoms with Gasteiger partial charge in [-0.05, 0) is 50.7 Å². The number of benzene rings is 1. The molecule has 9 heteroatoms. The predicted octanol–water partition coefficient (Wildman–Crippen LogP) is 3.52. The van der Waals surface area contributed by atoms with Gasteiger partial charge in [-0.3, -0.25) is 14.4 Å². The minimum absolute atomic E-state index is 0.0290. The smallest absolute Gasteiger partial charge is 0.309 e. The van der Waals surface area contributed by atoms with Gasteiger partial charge in [-0.2, -0.15) is 4.31 Å². The summed E-state index contributed by atoms with van der Waals surface area (Å²) in [5.41, 5.74) is 0.170. The lowest BCUT2D eigenvalue weighted by molar-refractivity contribution is -0.155. The van der Waals surface area contributed by atoms with E-state index in [1.54, 1.807) is 19.2 Å². The Kier molecular flexibility index (Phi) is 7.72. The van der Waals surface area contributed by atoms with Gasteiger partial charge in [-0.15, -0.1) is 0 Å². The number of Topliss-reactive ketones (excluding diaryl/α,β-unsaturated/α-hetero) is 1. The molecule has 186 valence electrons. The topological polar surface area (TPSA) is 110 Å². The second-order valence-electron chi connectivity index (χ2n) is 9.86. The highest BCUT2D eigenvalue weighted by molar-refractivity contribution is 7.89.